The van der Waals surface area contributed by atoms with E-state index in [9.17, 15) is 0 Å². The molecule has 1 aromatic heterocycles. The van der Waals surface area contributed by atoms with Crippen molar-refractivity contribution in [3.63, 3.8) is 0 Å². The molecule has 1 aliphatic rings. The van der Waals surface area contributed by atoms with Crippen molar-refractivity contribution in [1.82, 2.24) is 9.97 Å². The summed E-state index contributed by atoms with van der Waals surface area (Å²) in [6.07, 6.45) is 5.00. The monoisotopic (exact) mass is 224 g/mol. The Morgan fingerprint density at radius 1 is 1.20 bits per heavy atom. The standard InChI is InChI=1S/C12H17ClN2/c1-8-3-5-10(6-4-8)12-14-9(2)7-11(13)15-12/h7-8,10H,3-6H2,1-2H3. The highest BCUT2D eigenvalue weighted by Gasteiger charge is 2.22. The molecule has 0 amide bonds. The van der Waals surface area contributed by atoms with E-state index >= 15 is 0 Å². The highest BCUT2D eigenvalue weighted by molar-refractivity contribution is 6.29. The molecule has 0 radical (unpaired) electrons. The van der Waals surface area contributed by atoms with E-state index in [2.05, 4.69) is 16.9 Å². The molecule has 0 saturated heterocycles. The van der Waals surface area contributed by atoms with E-state index < -0.39 is 0 Å². The summed E-state index contributed by atoms with van der Waals surface area (Å²) >= 11 is 5.95. The van der Waals surface area contributed by atoms with Gasteiger partial charge in [-0.15, -0.1) is 0 Å². The molecular formula is C12H17ClN2. The number of halogens is 1. The minimum atomic E-state index is 0.526. The first-order valence-corrected chi connectivity index (χ1v) is 6.04. The SMILES string of the molecule is Cc1cc(Cl)nc(C2CCC(C)CC2)n1. The van der Waals surface area contributed by atoms with E-state index in [1.54, 1.807) is 0 Å². The average molecular weight is 225 g/mol. The summed E-state index contributed by atoms with van der Waals surface area (Å²) in [5, 5.41) is 0.580. The van der Waals surface area contributed by atoms with Crippen LogP contribution < -0.4 is 0 Å². The minimum absolute atomic E-state index is 0.526. The largest absolute Gasteiger partial charge is 0.238 e. The van der Waals surface area contributed by atoms with E-state index in [0.29, 0.717) is 11.1 Å². The Morgan fingerprint density at radius 2 is 1.87 bits per heavy atom. The van der Waals surface area contributed by atoms with Crippen LogP contribution >= 0.6 is 11.6 Å². The molecule has 2 nitrogen and oxygen atoms in total. The van der Waals surface area contributed by atoms with Crippen LogP contribution in [-0.4, -0.2) is 9.97 Å². The summed E-state index contributed by atoms with van der Waals surface area (Å²) in [6, 6.07) is 1.82. The minimum Gasteiger partial charge on any atom is -0.238 e. The number of hydrogen-bond donors (Lipinski definition) is 0. The Hall–Kier alpha value is -0.630. The molecule has 0 atom stereocenters. The lowest BCUT2D eigenvalue weighted by atomic mass is 9.82. The van der Waals surface area contributed by atoms with Gasteiger partial charge >= 0.3 is 0 Å². The molecule has 0 bridgehead atoms. The molecule has 1 aliphatic carbocycles. The van der Waals surface area contributed by atoms with Gasteiger partial charge in [0.05, 0.1) is 0 Å². The molecule has 0 unspecified atom stereocenters. The van der Waals surface area contributed by atoms with E-state index in [1.165, 1.54) is 25.7 Å². The number of nitrogens with zero attached hydrogens (tertiary/aromatic N) is 2. The Balaban J connectivity index is 2.15. The third-order valence-corrected chi connectivity index (χ3v) is 3.41. The van der Waals surface area contributed by atoms with Crippen LogP contribution in [0.3, 0.4) is 0 Å². The van der Waals surface area contributed by atoms with Crippen molar-refractivity contribution < 1.29 is 0 Å². The van der Waals surface area contributed by atoms with Gasteiger partial charge in [0.25, 0.3) is 0 Å². The summed E-state index contributed by atoms with van der Waals surface area (Å²) in [7, 11) is 0. The molecular weight excluding hydrogens is 208 g/mol. The fourth-order valence-electron chi connectivity index (χ4n) is 2.25. The fraction of sp³-hybridized carbons (Fsp3) is 0.667. The summed E-state index contributed by atoms with van der Waals surface area (Å²) in [5.74, 6) is 2.34. The van der Waals surface area contributed by atoms with Gasteiger partial charge in [0, 0.05) is 11.6 Å². The average Bonchev–Trinajstić information content (AvgIpc) is 2.17. The maximum absolute atomic E-state index is 5.95. The van der Waals surface area contributed by atoms with Crippen molar-refractivity contribution in [2.45, 2.75) is 45.4 Å². The van der Waals surface area contributed by atoms with E-state index in [4.69, 9.17) is 11.6 Å². The van der Waals surface area contributed by atoms with Crippen LogP contribution in [0.15, 0.2) is 6.07 Å². The molecule has 82 valence electrons. The van der Waals surface area contributed by atoms with Crippen molar-refractivity contribution in [2.24, 2.45) is 5.92 Å². The number of aromatic nitrogens is 2. The van der Waals surface area contributed by atoms with Crippen molar-refractivity contribution in [3.05, 3.63) is 22.7 Å². The highest BCUT2D eigenvalue weighted by atomic mass is 35.5. The number of aryl methyl sites for hydroxylation is 1. The lowest BCUT2D eigenvalue weighted by Crippen LogP contribution is -2.13. The topological polar surface area (TPSA) is 25.8 Å². The second-order valence-electron chi connectivity index (χ2n) is 4.65. The van der Waals surface area contributed by atoms with Gasteiger partial charge in [-0.25, -0.2) is 9.97 Å². The number of rotatable bonds is 1. The summed E-state index contributed by atoms with van der Waals surface area (Å²) < 4.78 is 0. The van der Waals surface area contributed by atoms with Crippen LogP contribution in [0.25, 0.3) is 0 Å². The highest BCUT2D eigenvalue weighted by Crippen LogP contribution is 2.34. The quantitative estimate of drug-likeness (QED) is 0.680. The van der Waals surface area contributed by atoms with Gasteiger partial charge in [-0.1, -0.05) is 31.4 Å². The molecule has 1 saturated carbocycles. The van der Waals surface area contributed by atoms with Gasteiger partial charge in [-0.05, 0) is 31.7 Å². The summed E-state index contributed by atoms with van der Waals surface area (Å²) in [4.78, 5) is 8.82. The Kier molecular flexibility index (Phi) is 3.25. The van der Waals surface area contributed by atoms with Gasteiger partial charge in [-0.2, -0.15) is 0 Å². The van der Waals surface area contributed by atoms with Crippen molar-refractivity contribution in [3.8, 4) is 0 Å². The molecule has 0 aliphatic heterocycles. The van der Waals surface area contributed by atoms with Crippen LogP contribution in [-0.2, 0) is 0 Å². The van der Waals surface area contributed by atoms with Crippen LogP contribution in [0.5, 0.6) is 0 Å². The predicted octanol–water partition coefficient (Wildman–Crippen LogP) is 3.73. The van der Waals surface area contributed by atoms with Crippen molar-refractivity contribution in [1.29, 1.82) is 0 Å². The Labute approximate surface area is 96.1 Å². The van der Waals surface area contributed by atoms with Crippen LogP contribution in [0, 0.1) is 12.8 Å². The zero-order valence-electron chi connectivity index (χ0n) is 9.33. The van der Waals surface area contributed by atoms with Crippen LogP contribution in [0.1, 0.15) is 50.0 Å². The van der Waals surface area contributed by atoms with Crippen molar-refractivity contribution in [2.75, 3.05) is 0 Å². The first-order chi connectivity index (χ1) is 7.15. The second kappa shape index (κ2) is 4.48. The van der Waals surface area contributed by atoms with Gasteiger partial charge < -0.3 is 0 Å². The third kappa shape index (κ3) is 2.69. The molecule has 0 spiro atoms. The summed E-state index contributed by atoms with van der Waals surface area (Å²) in [5.41, 5.74) is 0.976. The Bertz CT molecular complexity index is 323. The maximum Gasteiger partial charge on any atom is 0.133 e. The van der Waals surface area contributed by atoms with Gasteiger partial charge in [0.1, 0.15) is 11.0 Å². The van der Waals surface area contributed by atoms with Gasteiger partial charge in [0.2, 0.25) is 0 Å². The molecule has 15 heavy (non-hydrogen) atoms. The fourth-order valence-corrected chi connectivity index (χ4v) is 2.50. The lowest BCUT2D eigenvalue weighted by molar-refractivity contribution is 0.339. The van der Waals surface area contributed by atoms with Gasteiger partial charge in [-0.3, -0.25) is 0 Å². The van der Waals surface area contributed by atoms with Crippen molar-refractivity contribution >= 4 is 11.6 Å². The smallest absolute Gasteiger partial charge is 0.133 e. The molecule has 1 fully saturated rings. The third-order valence-electron chi connectivity index (χ3n) is 3.22. The zero-order valence-corrected chi connectivity index (χ0v) is 10.1. The molecule has 2 rings (SSSR count). The molecule has 0 aromatic carbocycles. The lowest BCUT2D eigenvalue weighted by Gasteiger charge is -2.25. The maximum atomic E-state index is 5.95. The molecule has 0 N–H and O–H groups in total. The van der Waals surface area contributed by atoms with E-state index in [0.717, 1.165) is 17.4 Å². The van der Waals surface area contributed by atoms with Crippen LogP contribution in [0.2, 0.25) is 5.15 Å². The van der Waals surface area contributed by atoms with Crippen LogP contribution in [0.4, 0.5) is 0 Å². The first-order valence-electron chi connectivity index (χ1n) is 5.66. The molecule has 3 heteroatoms. The second-order valence-corrected chi connectivity index (χ2v) is 5.03. The predicted molar refractivity (Wildman–Crippen MR) is 62.2 cm³/mol. The zero-order chi connectivity index (χ0) is 10.8. The summed E-state index contributed by atoms with van der Waals surface area (Å²) in [6.45, 7) is 4.29. The Morgan fingerprint density at radius 3 is 2.47 bits per heavy atom. The van der Waals surface area contributed by atoms with E-state index in [1.807, 2.05) is 13.0 Å². The van der Waals surface area contributed by atoms with E-state index in [-0.39, 0.29) is 0 Å². The normalized spacial score (nSPS) is 26.6. The number of hydrogen-bond acceptors (Lipinski definition) is 2. The first kappa shape index (κ1) is 10.9. The molecule has 1 aromatic rings. The molecule has 1 heterocycles. The van der Waals surface area contributed by atoms with Gasteiger partial charge in [0.15, 0.2) is 0 Å².